The van der Waals surface area contributed by atoms with Crippen LogP contribution >= 0.6 is 15.9 Å². The molecule has 0 saturated carbocycles. The Balaban J connectivity index is 2.00. The maximum Gasteiger partial charge on any atom is 0.270 e. The molecule has 1 aliphatic heterocycles. The van der Waals surface area contributed by atoms with Crippen LogP contribution in [-0.4, -0.2) is 10.8 Å². The molecule has 0 saturated heterocycles. The van der Waals surface area contributed by atoms with Gasteiger partial charge in [0, 0.05) is 22.2 Å². The standard InChI is InChI=1S/C14H10BrN3O2/c15-12-7-10(18(19)20)5-6-13(12)17-8-9-3-1-2-4-11(9)14(17)16/h1-7,16H,8H2. The Labute approximate surface area is 123 Å². The first-order chi connectivity index (χ1) is 9.58. The summed E-state index contributed by atoms with van der Waals surface area (Å²) in [6.45, 7) is 0.603. The number of nitro benzene ring substituents is 1. The third-order valence-electron chi connectivity index (χ3n) is 3.30. The molecule has 0 spiro atoms. The summed E-state index contributed by atoms with van der Waals surface area (Å²) in [7, 11) is 0. The number of non-ortho nitro benzene ring substituents is 1. The van der Waals surface area contributed by atoms with Crippen molar-refractivity contribution in [3.8, 4) is 0 Å². The maximum absolute atomic E-state index is 10.8. The first-order valence-electron chi connectivity index (χ1n) is 5.96. The minimum absolute atomic E-state index is 0.0314. The molecule has 3 rings (SSSR count). The van der Waals surface area contributed by atoms with E-state index in [1.807, 2.05) is 29.2 Å². The van der Waals surface area contributed by atoms with Crippen LogP contribution in [0.5, 0.6) is 0 Å². The van der Waals surface area contributed by atoms with Gasteiger partial charge in [-0.2, -0.15) is 0 Å². The molecular formula is C14H10BrN3O2. The summed E-state index contributed by atoms with van der Waals surface area (Å²) in [5.41, 5.74) is 2.78. The lowest BCUT2D eigenvalue weighted by Crippen LogP contribution is -2.23. The van der Waals surface area contributed by atoms with Crippen LogP contribution in [0.2, 0.25) is 0 Å². The zero-order valence-corrected chi connectivity index (χ0v) is 11.9. The molecule has 2 aromatic rings. The lowest BCUT2D eigenvalue weighted by atomic mass is 10.1. The van der Waals surface area contributed by atoms with Crippen molar-refractivity contribution in [2.75, 3.05) is 4.90 Å². The summed E-state index contributed by atoms with van der Waals surface area (Å²) in [4.78, 5) is 12.2. The third kappa shape index (κ3) is 1.98. The zero-order valence-electron chi connectivity index (χ0n) is 10.3. The number of nitrogens with one attached hydrogen (secondary N) is 1. The minimum atomic E-state index is -0.432. The van der Waals surface area contributed by atoms with Gasteiger partial charge in [-0.15, -0.1) is 0 Å². The Bertz CT molecular complexity index is 730. The molecule has 100 valence electrons. The molecule has 5 nitrogen and oxygen atoms in total. The van der Waals surface area contributed by atoms with E-state index in [0.29, 0.717) is 16.9 Å². The van der Waals surface area contributed by atoms with Crippen LogP contribution in [0.1, 0.15) is 11.1 Å². The van der Waals surface area contributed by atoms with Crippen molar-refractivity contribution in [1.82, 2.24) is 0 Å². The molecule has 0 amide bonds. The summed E-state index contributed by atoms with van der Waals surface area (Å²) in [5, 5.41) is 19.0. The van der Waals surface area contributed by atoms with Crippen LogP contribution in [-0.2, 0) is 6.54 Å². The van der Waals surface area contributed by atoms with E-state index in [0.717, 1.165) is 16.8 Å². The van der Waals surface area contributed by atoms with E-state index in [1.165, 1.54) is 12.1 Å². The smallest absolute Gasteiger partial charge is 0.270 e. The fourth-order valence-corrected chi connectivity index (χ4v) is 2.90. The van der Waals surface area contributed by atoms with E-state index in [1.54, 1.807) is 6.07 Å². The average molecular weight is 332 g/mol. The topological polar surface area (TPSA) is 70.2 Å². The number of rotatable bonds is 2. The quantitative estimate of drug-likeness (QED) is 0.673. The molecule has 0 unspecified atom stereocenters. The van der Waals surface area contributed by atoms with Gasteiger partial charge < -0.3 is 4.90 Å². The number of halogens is 1. The summed E-state index contributed by atoms with van der Waals surface area (Å²) < 4.78 is 0.615. The zero-order chi connectivity index (χ0) is 14.3. The van der Waals surface area contributed by atoms with Crippen LogP contribution in [0, 0.1) is 15.5 Å². The Hall–Kier alpha value is -2.21. The fourth-order valence-electron chi connectivity index (χ4n) is 2.32. The molecule has 0 fully saturated rings. The number of nitrogens with zero attached hydrogens (tertiary/aromatic N) is 2. The summed E-state index contributed by atoms with van der Waals surface area (Å²) in [6, 6.07) is 12.3. The summed E-state index contributed by atoms with van der Waals surface area (Å²) in [6.07, 6.45) is 0. The lowest BCUT2D eigenvalue weighted by Gasteiger charge is -2.19. The first-order valence-corrected chi connectivity index (χ1v) is 6.75. The number of benzene rings is 2. The van der Waals surface area contributed by atoms with Gasteiger partial charge in [-0.1, -0.05) is 24.3 Å². The Morgan fingerprint density at radius 2 is 2.00 bits per heavy atom. The molecule has 0 aromatic heterocycles. The van der Waals surface area contributed by atoms with Crippen molar-refractivity contribution in [1.29, 1.82) is 5.41 Å². The van der Waals surface area contributed by atoms with Crippen molar-refractivity contribution in [3.63, 3.8) is 0 Å². The van der Waals surface area contributed by atoms with Gasteiger partial charge >= 0.3 is 0 Å². The van der Waals surface area contributed by atoms with Crippen molar-refractivity contribution in [2.45, 2.75) is 6.54 Å². The van der Waals surface area contributed by atoms with Gasteiger partial charge in [0.25, 0.3) is 5.69 Å². The van der Waals surface area contributed by atoms with E-state index in [9.17, 15) is 10.1 Å². The van der Waals surface area contributed by atoms with E-state index in [-0.39, 0.29) is 5.69 Å². The second-order valence-corrected chi connectivity index (χ2v) is 5.34. The highest BCUT2D eigenvalue weighted by Crippen LogP contribution is 2.35. The Kier molecular flexibility index (Phi) is 3.02. The monoisotopic (exact) mass is 331 g/mol. The predicted molar refractivity (Wildman–Crippen MR) is 80.3 cm³/mol. The van der Waals surface area contributed by atoms with Gasteiger partial charge in [0.1, 0.15) is 5.84 Å². The van der Waals surface area contributed by atoms with Crippen LogP contribution < -0.4 is 4.90 Å². The van der Waals surface area contributed by atoms with Gasteiger partial charge in [0.05, 0.1) is 17.2 Å². The number of fused-ring (bicyclic) bond motifs is 1. The highest BCUT2D eigenvalue weighted by molar-refractivity contribution is 9.10. The molecular weight excluding hydrogens is 322 g/mol. The third-order valence-corrected chi connectivity index (χ3v) is 3.94. The molecule has 1 N–H and O–H groups in total. The van der Waals surface area contributed by atoms with Crippen molar-refractivity contribution < 1.29 is 4.92 Å². The molecule has 0 bridgehead atoms. The normalized spacial score (nSPS) is 13.4. The molecule has 1 aliphatic rings. The Morgan fingerprint density at radius 1 is 1.25 bits per heavy atom. The summed E-state index contributed by atoms with van der Waals surface area (Å²) >= 11 is 3.35. The van der Waals surface area contributed by atoms with Crippen molar-refractivity contribution in [2.24, 2.45) is 0 Å². The Morgan fingerprint density at radius 3 is 2.65 bits per heavy atom. The molecule has 0 atom stereocenters. The molecule has 1 heterocycles. The van der Waals surface area contributed by atoms with Crippen molar-refractivity contribution >= 4 is 33.1 Å². The fraction of sp³-hybridized carbons (Fsp3) is 0.0714. The number of hydrogen-bond donors (Lipinski definition) is 1. The van der Waals surface area contributed by atoms with E-state index < -0.39 is 4.92 Å². The van der Waals surface area contributed by atoms with E-state index in [2.05, 4.69) is 15.9 Å². The number of hydrogen-bond acceptors (Lipinski definition) is 3. The predicted octanol–water partition coefficient (Wildman–Crippen LogP) is 3.70. The molecule has 6 heteroatoms. The molecule has 0 aliphatic carbocycles. The van der Waals surface area contributed by atoms with Crippen LogP contribution in [0.15, 0.2) is 46.9 Å². The number of nitro groups is 1. The lowest BCUT2D eigenvalue weighted by molar-refractivity contribution is -0.384. The van der Waals surface area contributed by atoms with Crippen LogP contribution in [0.25, 0.3) is 0 Å². The number of amidine groups is 1. The summed E-state index contributed by atoms with van der Waals surface area (Å²) in [5.74, 6) is 0.412. The number of anilines is 1. The van der Waals surface area contributed by atoms with Gasteiger partial charge in [0.2, 0.25) is 0 Å². The van der Waals surface area contributed by atoms with E-state index in [4.69, 9.17) is 5.41 Å². The maximum atomic E-state index is 10.8. The SMILES string of the molecule is N=C1c2ccccc2CN1c1ccc([N+](=O)[O-])cc1Br. The molecule has 20 heavy (non-hydrogen) atoms. The van der Waals surface area contributed by atoms with Gasteiger partial charge in [-0.3, -0.25) is 15.5 Å². The van der Waals surface area contributed by atoms with Gasteiger partial charge in [0.15, 0.2) is 0 Å². The first kappa shape index (κ1) is 12.8. The van der Waals surface area contributed by atoms with Crippen molar-refractivity contribution in [3.05, 3.63) is 68.2 Å². The second-order valence-electron chi connectivity index (χ2n) is 4.48. The molecule has 0 radical (unpaired) electrons. The van der Waals surface area contributed by atoms with Crippen LogP contribution in [0.3, 0.4) is 0 Å². The highest BCUT2D eigenvalue weighted by Gasteiger charge is 2.26. The minimum Gasteiger partial charge on any atom is -0.321 e. The second kappa shape index (κ2) is 4.72. The largest absolute Gasteiger partial charge is 0.321 e. The van der Waals surface area contributed by atoms with Gasteiger partial charge in [-0.25, -0.2) is 0 Å². The van der Waals surface area contributed by atoms with Gasteiger partial charge in [-0.05, 0) is 27.6 Å². The van der Waals surface area contributed by atoms with Crippen LogP contribution in [0.4, 0.5) is 11.4 Å². The highest BCUT2D eigenvalue weighted by atomic mass is 79.9. The molecule has 2 aromatic carbocycles. The van der Waals surface area contributed by atoms with E-state index >= 15 is 0 Å². The average Bonchev–Trinajstić information content (AvgIpc) is 2.76.